The van der Waals surface area contributed by atoms with E-state index in [0.29, 0.717) is 15.7 Å². The van der Waals surface area contributed by atoms with Gasteiger partial charge in [0.25, 0.3) is 0 Å². The molecule has 7 heteroatoms. The molecule has 0 saturated carbocycles. The van der Waals surface area contributed by atoms with Crippen LogP contribution in [0.15, 0.2) is 53.7 Å². The summed E-state index contributed by atoms with van der Waals surface area (Å²) in [5, 5.41) is 13.7. The molecule has 4 aromatic rings. The van der Waals surface area contributed by atoms with E-state index in [4.69, 9.17) is 4.98 Å². The van der Waals surface area contributed by atoms with Crippen LogP contribution in [0.4, 0.5) is 5.00 Å². The van der Waals surface area contributed by atoms with E-state index in [1.165, 1.54) is 27.8 Å². The van der Waals surface area contributed by atoms with Gasteiger partial charge in [0.05, 0.1) is 22.2 Å². The minimum Gasteiger partial charge on any atom is -0.332 e. The number of thiophene rings is 1. The summed E-state index contributed by atoms with van der Waals surface area (Å²) in [6, 6.07) is 19.0. The molecule has 2 N–H and O–H groups in total. The van der Waals surface area contributed by atoms with Crippen LogP contribution in [-0.2, 0) is 17.6 Å². The van der Waals surface area contributed by atoms with Crippen LogP contribution < -0.4 is 5.32 Å². The van der Waals surface area contributed by atoms with E-state index in [-0.39, 0.29) is 5.91 Å². The molecule has 5 nitrogen and oxygen atoms in total. The number of aromatic amines is 1. The average molecular weight is 513 g/mol. The molecule has 0 saturated heterocycles. The molecule has 0 aliphatic heterocycles. The zero-order valence-corrected chi connectivity index (χ0v) is 22.3. The Balaban J connectivity index is 1.40. The molecule has 5 rings (SSSR count). The first kappa shape index (κ1) is 24.4. The molecule has 2 heterocycles. The second-order valence-corrected chi connectivity index (χ2v) is 11.7. The van der Waals surface area contributed by atoms with Crippen LogP contribution in [0.5, 0.6) is 0 Å². The molecule has 1 aliphatic carbocycles. The summed E-state index contributed by atoms with van der Waals surface area (Å²) >= 11 is 2.95. The van der Waals surface area contributed by atoms with E-state index < -0.39 is 5.25 Å². The van der Waals surface area contributed by atoms with Crippen LogP contribution in [0.3, 0.4) is 0 Å². The van der Waals surface area contributed by atoms with E-state index >= 15 is 0 Å². The zero-order chi connectivity index (χ0) is 25.2. The molecule has 0 fully saturated rings. The van der Waals surface area contributed by atoms with Crippen molar-refractivity contribution < 1.29 is 4.79 Å². The molecule has 0 bridgehead atoms. The zero-order valence-electron chi connectivity index (χ0n) is 20.6. The van der Waals surface area contributed by atoms with Gasteiger partial charge < -0.3 is 10.3 Å². The minimum absolute atomic E-state index is 0.125. The maximum absolute atomic E-state index is 13.1. The highest BCUT2D eigenvalue weighted by Gasteiger charge is 2.25. The summed E-state index contributed by atoms with van der Waals surface area (Å²) in [5.74, 6) is -0.125. The first-order chi connectivity index (χ1) is 17.4. The van der Waals surface area contributed by atoms with Crippen molar-refractivity contribution in [2.45, 2.75) is 56.9 Å². The maximum atomic E-state index is 13.1. The number of hydrogen-bond donors (Lipinski definition) is 2. The van der Waals surface area contributed by atoms with Gasteiger partial charge in [-0.15, -0.1) is 11.3 Å². The normalized spacial score (nSPS) is 13.6. The van der Waals surface area contributed by atoms with Crippen LogP contribution in [0.2, 0.25) is 0 Å². The fraction of sp³-hybridized carbons (Fsp3) is 0.276. The van der Waals surface area contributed by atoms with Crippen molar-refractivity contribution in [3.05, 3.63) is 75.7 Å². The molecule has 0 radical (unpaired) electrons. The number of amides is 1. The quantitative estimate of drug-likeness (QED) is 0.266. The van der Waals surface area contributed by atoms with Gasteiger partial charge in [-0.1, -0.05) is 71.4 Å². The summed E-state index contributed by atoms with van der Waals surface area (Å²) in [6.45, 7) is 6.01. The van der Waals surface area contributed by atoms with Crippen molar-refractivity contribution in [2.75, 3.05) is 5.32 Å². The third-order valence-corrected chi connectivity index (χ3v) is 8.72. The number of nitrogens with zero attached hydrogens (tertiary/aromatic N) is 2. The summed E-state index contributed by atoms with van der Waals surface area (Å²) in [6.07, 6.45) is 4.15. The second-order valence-electron chi connectivity index (χ2n) is 9.27. The topological polar surface area (TPSA) is 81.6 Å². The molecule has 1 atom stereocenters. The number of anilines is 1. The highest BCUT2D eigenvalue weighted by Crippen LogP contribution is 2.38. The summed E-state index contributed by atoms with van der Waals surface area (Å²) in [4.78, 5) is 22.7. The number of carbonyl (C=O) groups is 1. The van der Waals surface area contributed by atoms with Gasteiger partial charge in [-0.2, -0.15) is 5.26 Å². The largest absolute Gasteiger partial charge is 0.332 e. The van der Waals surface area contributed by atoms with E-state index in [1.807, 2.05) is 6.92 Å². The molecule has 182 valence electrons. The second kappa shape index (κ2) is 10.3. The van der Waals surface area contributed by atoms with Gasteiger partial charge in [0.15, 0.2) is 5.16 Å². The molecular weight excluding hydrogens is 484 g/mol. The Kier molecular flexibility index (Phi) is 6.99. The van der Waals surface area contributed by atoms with Crippen LogP contribution in [0.1, 0.15) is 46.9 Å². The molecule has 36 heavy (non-hydrogen) atoms. The number of aromatic nitrogens is 2. The highest BCUT2D eigenvalue weighted by molar-refractivity contribution is 8.00. The molecule has 1 amide bonds. The fourth-order valence-electron chi connectivity index (χ4n) is 4.46. The first-order valence-electron chi connectivity index (χ1n) is 12.2. The van der Waals surface area contributed by atoms with Crippen LogP contribution in [-0.4, -0.2) is 21.1 Å². The van der Waals surface area contributed by atoms with Gasteiger partial charge in [0, 0.05) is 16.0 Å². The van der Waals surface area contributed by atoms with E-state index in [1.54, 1.807) is 11.3 Å². The van der Waals surface area contributed by atoms with Crippen LogP contribution in [0.25, 0.3) is 22.5 Å². The minimum atomic E-state index is -0.390. The summed E-state index contributed by atoms with van der Waals surface area (Å²) in [5.41, 5.74) is 8.04. The van der Waals surface area contributed by atoms with Crippen molar-refractivity contribution >= 4 is 34.0 Å². The van der Waals surface area contributed by atoms with Crippen LogP contribution >= 0.6 is 23.1 Å². The number of fused-ring (bicyclic) bond motifs is 1. The smallest absolute Gasteiger partial charge is 0.238 e. The van der Waals surface area contributed by atoms with Gasteiger partial charge in [-0.25, -0.2) is 4.98 Å². The maximum Gasteiger partial charge on any atom is 0.238 e. The van der Waals surface area contributed by atoms with Gasteiger partial charge in [-0.3, -0.25) is 4.79 Å². The van der Waals surface area contributed by atoms with Gasteiger partial charge in [-0.05, 0) is 52.0 Å². The average Bonchev–Trinajstić information content (AvgIpc) is 3.45. The Labute approximate surface area is 220 Å². The Morgan fingerprint density at radius 2 is 1.69 bits per heavy atom. The number of thioether (sulfide) groups is 1. The summed E-state index contributed by atoms with van der Waals surface area (Å²) in [7, 11) is 0. The number of H-pyrrole nitrogens is 1. The number of benzene rings is 2. The number of carbonyl (C=O) groups excluding carboxylic acids is 1. The lowest BCUT2D eigenvalue weighted by Crippen LogP contribution is -2.22. The first-order valence-corrected chi connectivity index (χ1v) is 13.9. The van der Waals surface area contributed by atoms with Crippen molar-refractivity contribution in [3.63, 3.8) is 0 Å². The standard InChI is InChI=1S/C29H28N4OS2/c1-17-8-12-20(13-9-17)25-26(21-14-10-18(2)11-15-21)32-29(31-25)35-19(3)27(34)33-28-23(16-30)22-6-4-5-7-24(22)36-28/h8-15,19H,4-7H2,1-3H3,(H,31,32)(H,33,34). The summed E-state index contributed by atoms with van der Waals surface area (Å²) < 4.78 is 0. The number of nitriles is 1. The van der Waals surface area contributed by atoms with Crippen LogP contribution in [0, 0.1) is 25.2 Å². The van der Waals surface area contributed by atoms with Crippen molar-refractivity contribution in [1.29, 1.82) is 5.26 Å². The lowest BCUT2D eigenvalue weighted by atomic mass is 9.96. The number of nitrogens with one attached hydrogen (secondary N) is 2. The number of aryl methyl sites for hydroxylation is 3. The Hall–Kier alpha value is -3.34. The van der Waals surface area contributed by atoms with E-state index in [2.05, 4.69) is 78.7 Å². The van der Waals surface area contributed by atoms with Crippen molar-refractivity contribution in [1.82, 2.24) is 9.97 Å². The predicted octanol–water partition coefficient (Wildman–Crippen LogP) is 7.29. The third kappa shape index (κ3) is 4.97. The monoisotopic (exact) mass is 512 g/mol. The SMILES string of the molecule is Cc1ccc(-c2nc(SC(C)C(=O)Nc3sc4c(c3C#N)CCCC4)[nH]c2-c2ccc(C)cc2)cc1. The number of imidazole rings is 1. The van der Waals surface area contributed by atoms with Gasteiger partial charge in [0.1, 0.15) is 11.1 Å². The highest BCUT2D eigenvalue weighted by atomic mass is 32.2. The lowest BCUT2D eigenvalue weighted by molar-refractivity contribution is -0.115. The number of hydrogen-bond acceptors (Lipinski definition) is 5. The molecule has 1 unspecified atom stereocenters. The van der Waals surface area contributed by atoms with Gasteiger partial charge in [0.2, 0.25) is 5.91 Å². The Morgan fingerprint density at radius 3 is 2.36 bits per heavy atom. The van der Waals surface area contributed by atoms with E-state index in [0.717, 1.165) is 53.8 Å². The number of rotatable bonds is 6. The molecular formula is C29H28N4OS2. The Morgan fingerprint density at radius 1 is 1.06 bits per heavy atom. The molecule has 0 spiro atoms. The Bertz CT molecular complexity index is 1380. The fourth-order valence-corrected chi connectivity index (χ4v) is 6.51. The van der Waals surface area contributed by atoms with E-state index in [9.17, 15) is 10.1 Å². The van der Waals surface area contributed by atoms with Crippen molar-refractivity contribution in [3.8, 4) is 28.6 Å². The predicted molar refractivity (Wildman–Crippen MR) is 149 cm³/mol. The third-order valence-electron chi connectivity index (χ3n) is 6.52. The van der Waals surface area contributed by atoms with Gasteiger partial charge >= 0.3 is 0 Å². The molecule has 1 aliphatic rings. The molecule has 2 aromatic carbocycles. The lowest BCUT2D eigenvalue weighted by Gasteiger charge is -2.10. The molecule has 2 aromatic heterocycles. The van der Waals surface area contributed by atoms with Crippen molar-refractivity contribution in [2.24, 2.45) is 0 Å².